The van der Waals surface area contributed by atoms with Crippen molar-refractivity contribution in [2.75, 3.05) is 23.3 Å². The average Bonchev–Trinajstić information content (AvgIpc) is 3.19. The highest BCUT2D eigenvalue weighted by Gasteiger charge is 2.13. The molecule has 5 heteroatoms. The number of benzene rings is 1. The predicted octanol–water partition coefficient (Wildman–Crippen LogP) is 4.19. The van der Waals surface area contributed by atoms with Gasteiger partial charge in [0, 0.05) is 48.6 Å². The Kier molecular flexibility index (Phi) is 4.29. The highest BCUT2D eigenvalue weighted by molar-refractivity contribution is 5.67. The Bertz CT molecular complexity index is 857. The molecule has 5 nitrogen and oxygen atoms in total. The maximum Gasteiger partial charge on any atom is 0.227 e. The molecule has 0 spiro atoms. The fourth-order valence-electron chi connectivity index (χ4n) is 3.13. The van der Waals surface area contributed by atoms with Crippen molar-refractivity contribution in [1.82, 2.24) is 15.0 Å². The second-order valence-electron chi connectivity index (χ2n) is 6.33. The van der Waals surface area contributed by atoms with E-state index in [9.17, 15) is 0 Å². The molecule has 3 aromatic rings. The quantitative estimate of drug-likeness (QED) is 0.777. The van der Waals surface area contributed by atoms with Gasteiger partial charge in [0.05, 0.1) is 5.69 Å². The molecular formula is C20H21N5. The first-order chi connectivity index (χ1) is 12.3. The van der Waals surface area contributed by atoms with Crippen molar-refractivity contribution in [2.24, 2.45) is 0 Å². The number of aryl methyl sites for hydroxylation is 1. The van der Waals surface area contributed by atoms with Gasteiger partial charge in [0.1, 0.15) is 0 Å². The Morgan fingerprint density at radius 3 is 2.72 bits per heavy atom. The van der Waals surface area contributed by atoms with E-state index in [4.69, 9.17) is 0 Å². The van der Waals surface area contributed by atoms with Crippen molar-refractivity contribution in [3.63, 3.8) is 0 Å². The van der Waals surface area contributed by atoms with Gasteiger partial charge >= 0.3 is 0 Å². The molecule has 4 rings (SSSR count). The summed E-state index contributed by atoms with van der Waals surface area (Å²) in [5.41, 5.74) is 5.33. The van der Waals surface area contributed by atoms with Crippen LogP contribution >= 0.6 is 0 Å². The van der Waals surface area contributed by atoms with Crippen LogP contribution in [0.15, 0.2) is 55.0 Å². The van der Waals surface area contributed by atoms with Gasteiger partial charge < -0.3 is 10.2 Å². The lowest BCUT2D eigenvalue weighted by Crippen LogP contribution is -2.17. The highest BCUT2D eigenvalue weighted by Crippen LogP contribution is 2.28. The van der Waals surface area contributed by atoms with Gasteiger partial charge in [0.15, 0.2) is 0 Å². The van der Waals surface area contributed by atoms with E-state index in [0.29, 0.717) is 5.95 Å². The molecule has 126 valence electrons. The molecule has 1 N–H and O–H groups in total. The maximum atomic E-state index is 4.63. The van der Waals surface area contributed by atoms with Crippen LogP contribution in [0, 0.1) is 6.92 Å². The molecule has 2 aromatic heterocycles. The minimum atomic E-state index is 0.600. The van der Waals surface area contributed by atoms with Gasteiger partial charge in [-0.05, 0) is 55.7 Å². The lowest BCUT2D eigenvalue weighted by molar-refractivity contribution is 0.949. The summed E-state index contributed by atoms with van der Waals surface area (Å²) in [6.45, 7) is 4.37. The number of hydrogen-bond donors (Lipinski definition) is 1. The fourth-order valence-corrected chi connectivity index (χ4v) is 3.13. The van der Waals surface area contributed by atoms with Crippen LogP contribution in [-0.4, -0.2) is 28.0 Å². The number of hydrogen-bond acceptors (Lipinski definition) is 5. The summed E-state index contributed by atoms with van der Waals surface area (Å²) in [5, 5.41) is 3.38. The SMILES string of the molecule is Cc1ccc(N2CCCC2)cc1Nc1nccc(-c2cccnc2)n1. The summed E-state index contributed by atoms with van der Waals surface area (Å²) in [6, 6.07) is 12.3. The zero-order valence-corrected chi connectivity index (χ0v) is 14.3. The first-order valence-electron chi connectivity index (χ1n) is 8.66. The Morgan fingerprint density at radius 1 is 1.04 bits per heavy atom. The van der Waals surface area contributed by atoms with Gasteiger partial charge in [-0.25, -0.2) is 9.97 Å². The molecule has 0 unspecified atom stereocenters. The number of nitrogens with one attached hydrogen (secondary N) is 1. The topological polar surface area (TPSA) is 53.9 Å². The molecule has 0 saturated carbocycles. The van der Waals surface area contributed by atoms with E-state index in [1.54, 1.807) is 12.4 Å². The van der Waals surface area contributed by atoms with Crippen LogP contribution in [0.2, 0.25) is 0 Å². The number of pyridine rings is 1. The second kappa shape index (κ2) is 6.89. The van der Waals surface area contributed by atoms with Crippen molar-refractivity contribution < 1.29 is 0 Å². The largest absolute Gasteiger partial charge is 0.371 e. The lowest BCUT2D eigenvalue weighted by Gasteiger charge is -2.19. The summed E-state index contributed by atoms with van der Waals surface area (Å²) < 4.78 is 0. The van der Waals surface area contributed by atoms with E-state index in [0.717, 1.165) is 30.0 Å². The van der Waals surface area contributed by atoms with Gasteiger partial charge in [0.25, 0.3) is 0 Å². The molecule has 3 heterocycles. The number of rotatable bonds is 4. The fraction of sp³-hybridized carbons (Fsp3) is 0.250. The van der Waals surface area contributed by atoms with E-state index in [2.05, 4.69) is 50.3 Å². The molecule has 0 aliphatic carbocycles. The first-order valence-corrected chi connectivity index (χ1v) is 8.66. The molecule has 25 heavy (non-hydrogen) atoms. The Morgan fingerprint density at radius 2 is 1.92 bits per heavy atom. The Labute approximate surface area is 147 Å². The van der Waals surface area contributed by atoms with Crippen LogP contribution in [0.5, 0.6) is 0 Å². The first kappa shape index (κ1) is 15.6. The maximum absolute atomic E-state index is 4.63. The Balaban J connectivity index is 1.61. The van der Waals surface area contributed by atoms with Crippen molar-refractivity contribution in [3.8, 4) is 11.3 Å². The minimum Gasteiger partial charge on any atom is -0.371 e. The van der Waals surface area contributed by atoms with Gasteiger partial charge in [-0.15, -0.1) is 0 Å². The number of nitrogens with zero attached hydrogens (tertiary/aromatic N) is 4. The normalized spacial score (nSPS) is 13.9. The van der Waals surface area contributed by atoms with E-state index >= 15 is 0 Å². The second-order valence-corrected chi connectivity index (χ2v) is 6.33. The van der Waals surface area contributed by atoms with E-state index < -0.39 is 0 Å². The van der Waals surface area contributed by atoms with Crippen molar-refractivity contribution in [2.45, 2.75) is 19.8 Å². The molecule has 1 aliphatic rings. The van der Waals surface area contributed by atoms with Crippen LogP contribution in [0.3, 0.4) is 0 Å². The number of anilines is 3. The molecule has 0 atom stereocenters. The van der Waals surface area contributed by atoms with Crippen LogP contribution in [0.25, 0.3) is 11.3 Å². The third-order valence-electron chi connectivity index (χ3n) is 4.55. The van der Waals surface area contributed by atoms with E-state index in [1.165, 1.54) is 24.1 Å². The molecule has 1 aliphatic heterocycles. The highest BCUT2D eigenvalue weighted by atomic mass is 15.1. The smallest absolute Gasteiger partial charge is 0.227 e. The van der Waals surface area contributed by atoms with Crippen molar-refractivity contribution >= 4 is 17.3 Å². The summed E-state index contributed by atoms with van der Waals surface area (Å²) in [7, 11) is 0. The molecule has 0 bridgehead atoms. The van der Waals surface area contributed by atoms with Gasteiger partial charge in [-0.3, -0.25) is 4.98 Å². The van der Waals surface area contributed by atoms with Gasteiger partial charge in [0.2, 0.25) is 5.95 Å². The molecule has 1 aromatic carbocycles. The van der Waals surface area contributed by atoms with Crippen LogP contribution in [0.4, 0.5) is 17.3 Å². The summed E-state index contributed by atoms with van der Waals surface area (Å²) in [6.07, 6.45) is 7.89. The van der Waals surface area contributed by atoms with Crippen LogP contribution in [0.1, 0.15) is 18.4 Å². The average molecular weight is 331 g/mol. The third-order valence-corrected chi connectivity index (χ3v) is 4.55. The monoisotopic (exact) mass is 331 g/mol. The third kappa shape index (κ3) is 3.45. The van der Waals surface area contributed by atoms with Crippen molar-refractivity contribution in [1.29, 1.82) is 0 Å². The molecule has 1 saturated heterocycles. The predicted molar refractivity (Wildman–Crippen MR) is 101 cm³/mol. The molecular weight excluding hydrogens is 310 g/mol. The minimum absolute atomic E-state index is 0.600. The zero-order chi connectivity index (χ0) is 17.1. The van der Waals surface area contributed by atoms with Gasteiger partial charge in [-0.1, -0.05) is 6.07 Å². The van der Waals surface area contributed by atoms with Crippen LogP contribution in [-0.2, 0) is 0 Å². The van der Waals surface area contributed by atoms with Crippen molar-refractivity contribution in [3.05, 3.63) is 60.6 Å². The van der Waals surface area contributed by atoms with E-state index in [1.807, 2.05) is 24.4 Å². The number of aromatic nitrogens is 3. The summed E-state index contributed by atoms with van der Waals surface area (Å²) in [5.74, 6) is 0.600. The standard InChI is InChI=1S/C20H21N5/c1-15-6-7-17(25-11-2-3-12-25)13-19(15)24-20-22-10-8-18(23-20)16-5-4-9-21-14-16/h4-10,13-14H,2-3,11-12H2,1H3,(H,22,23,24). The molecule has 0 amide bonds. The zero-order valence-electron chi connectivity index (χ0n) is 14.3. The molecule has 1 fully saturated rings. The lowest BCUT2D eigenvalue weighted by atomic mass is 10.1. The Hall–Kier alpha value is -2.95. The van der Waals surface area contributed by atoms with E-state index in [-0.39, 0.29) is 0 Å². The summed E-state index contributed by atoms with van der Waals surface area (Å²) >= 11 is 0. The summed E-state index contributed by atoms with van der Waals surface area (Å²) in [4.78, 5) is 15.6. The van der Waals surface area contributed by atoms with Crippen LogP contribution < -0.4 is 10.2 Å². The molecule has 0 radical (unpaired) electrons. The van der Waals surface area contributed by atoms with Gasteiger partial charge in [-0.2, -0.15) is 0 Å².